The summed E-state index contributed by atoms with van der Waals surface area (Å²) >= 11 is 1.69. The Labute approximate surface area is 184 Å². The third-order valence-corrected chi connectivity index (χ3v) is 7.96. The number of carbonyl (C=O) groups is 2. The Kier molecular flexibility index (Phi) is 8.63. The van der Waals surface area contributed by atoms with Crippen molar-refractivity contribution in [2.24, 2.45) is 17.6 Å². The number of benzene rings is 1. The minimum absolute atomic E-state index is 0.0663. The van der Waals surface area contributed by atoms with Gasteiger partial charge in [-0.15, -0.1) is 0 Å². The van der Waals surface area contributed by atoms with Crippen molar-refractivity contribution in [2.45, 2.75) is 69.9 Å². The molecule has 1 atom stereocenters. The molecule has 2 aliphatic carbocycles. The van der Waals surface area contributed by atoms with Gasteiger partial charge in [0.25, 0.3) is 0 Å². The summed E-state index contributed by atoms with van der Waals surface area (Å²) in [5.41, 5.74) is 6.10. The number of ketones is 1. The van der Waals surface area contributed by atoms with E-state index in [4.69, 9.17) is 10.5 Å². The van der Waals surface area contributed by atoms with Crippen LogP contribution in [-0.4, -0.2) is 35.8 Å². The van der Waals surface area contributed by atoms with E-state index in [2.05, 4.69) is 5.32 Å². The van der Waals surface area contributed by atoms with Crippen molar-refractivity contribution in [2.75, 3.05) is 18.6 Å². The fourth-order valence-corrected chi connectivity index (χ4v) is 6.00. The van der Waals surface area contributed by atoms with E-state index in [9.17, 15) is 9.59 Å². The van der Waals surface area contributed by atoms with Crippen molar-refractivity contribution in [1.29, 1.82) is 0 Å². The van der Waals surface area contributed by atoms with Crippen LogP contribution >= 0.6 is 11.8 Å². The summed E-state index contributed by atoms with van der Waals surface area (Å²) in [7, 11) is 1.62. The Morgan fingerprint density at radius 3 is 2.33 bits per heavy atom. The maximum absolute atomic E-state index is 13.3. The zero-order valence-corrected chi connectivity index (χ0v) is 19.0. The lowest BCUT2D eigenvalue weighted by Crippen LogP contribution is -2.62. The number of thioether (sulfide) groups is 1. The molecule has 1 aromatic rings. The highest BCUT2D eigenvalue weighted by Gasteiger charge is 2.45. The lowest BCUT2D eigenvalue weighted by Gasteiger charge is -2.30. The molecule has 1 aromatic carbocycles. The van der Waals surface area contributed by atoms with E-state index < -0.39 is 5.54 Å². The van der Waals surface area contributed by atoms with E-state index in [0.717, 1.165) is 42.7 Å². The molecule has 0 heterocycles. The number of hydrogen-bond acceptors (Lipinski definition) is 5. The molecule has 3 rings (SSSR count). The van der Waals surface area contributed by atoms with E-state index in [0.29, 0.717) is 18.2 Å². The van der Waals surface area contributed by atoms with Crippen LogP contribution in [-0.2, 0) is 16.1 Å². The van der Waals surface area contributed by atoms with Crippen LogP contribution < -0.4 is 15.8 Å². The van der Waals surface area contributed by atoms with Gasteiger partial charge < -0.3 is 15.8 Å². The van der Waals surface area contributed by atoms with Gasteiger partial charge in [-0.25, -0.2) is 0 Å². The van der Waals surface area contributed by atoms with Crippen LogP contribution in [0.5, 0.6) is 5.75 Å². The summed E-state index contributed by atoms with van der Waals surface area (Å²) in [4.78, 5) is 26.4. The summed E-state index contributed by atoms with van der Waals surface area (Å²) in [5.74, 6) is 2.34. The first-order valence-electron chi connectivity index (χ1n) is 11.3. The standard InChI is InChI=1S/C24H36N2O3S/c1-29-21-13-11-18(12-14-21)15-26-23(28)24(25,22(27)20-9-5-6-10-20)17-30-16-19-7-3-2-4-8-19/h11-14,19-20H,2-10,15-17,25H2,1H3,(H,26,28)/t24-/m1/s1. The number of methoxy groups -OCH3 is 1. The molecule has 0 bridgehead atoms. The van der Waals surface area contributed by atoms with Crippen LogP contribution in [0.15, 0.2) is 24.3 Å². The Morgan fingerprint density at radius 1 is 1.07 bits per heavy atom. The maximum Gasteiger partial charge on any atom is 0.248 e. The first-order valence-corrected chi connectivity index (χ1v) is 12.5. The molecule has 30 heavy (non-hydrogen) atoms. The molecule has 1 amide bonds. The lowest BCUT2D eigenvalue weighted by molar-refractivity contribution is -0.137. The van der Waals surface area contributed by atoms with E-state index in [-0.39, 0.29) is 17.6 Å². The fraction of sp³-hybridized carbons (Fsp3) is 0.667. The van der Waals surface area contributed by atoms with Crippen molar-refractivity contribution in [3.8, 4) is 5.75 Å². The third-order valence-electron chi connectivity index (χ3n) is 6.59. The molecular weight excluding hydrogens is 396 g/mol. The highest BCUT2D eigenvalue weighted by molar-refractivity contribution is 7.99. The first kappa shape index (κ1) is 23.1. The number of amides is 1. The maximum atomic E-state index is 13.3. The molecular formula is C24H36N2O3S. The Bertz CT molecular complexity index is 697. The first-order chi connectivity index (χ1) is 14.5. The molecule has 0 spiro atoms. The number of ether oxygens (including phenoxy) is 1. The molecule has 0 aromatic heterocycles. The molecule has 2 aliphatic rings. The van der Waals surface area contributed by atoms with Gasteiger partial charge in [0.05, 0.1) is 7.11 Å². The molecule has 0 saturated heterocycles. The molecule has 0 radical (unpaired) electrons. The quantitative estimate of drug-likeness (QED) is 0.545. The molecule has 0 aliphatic heterocycles. The summed E-state index contributed by atoms with van der Waals surface area (Å²) < 4.78 is 5.18. The molecule has 166 valence electrons. The largest absolute Gasteiger partial charge is 0.497 e. The van der Waals surface area contributed by atoms with E-state index in [1.165, 1.54) is 32.1 Å². The monoisotopic (exact) mass is 432 g/mol. The van der Waals surface area contributed by atoms with Gasteiger partial charge in [0.1, 0.15) is 5.75 Å². The summed E-state index contributed by atoms with van der Waals surface area (Å²) in [6, 6.07) is 7.55. The predicted octanol–water partition coefficient (Wildman–Crippen LogP) is 4.08. The Hall–Kier alpha value is -1.53. The normalized spacial score (nSPS) is 19.9. The SMILES string of the molecule is COc1ccc(CNC(=O)[C@@](N)(CSCC2CCCCC2)C(=O)C2CCCC2)cc1. The average Bonchev–Trinajstić information content (AvgIpc) is 3.32. The van der Waals surface area contributed by atoms with Crippen molar-refractivity contribution in [3.05, 3.63) is 29.8 Å². The lowest BCUT2D eigenvalue weighted by atomic mass is 9.86. The van der Waals surface area contributed by atoms with Gasteiger partial charge in [-0.1, -0.05) is 44.2 Å². The van der Waals surface area contributed by atoms with Gasteiger partial charge in [0.2, 0.25) is 5.91 Å². The van der Waals surface area contributed by atoms with Gasteiger partial charge in [0, 0.05) is 18.2 Å². The molecule has 6 heteroatoms. The van der Waals surface area contributed by atoms with Crippen molar-refractivity contribution < 1.29 is 14.3 Å². The van der Waals surface area contributed by atoms with Crippen LogP contribution in [0.1, 0.15) is 63.4 Å². The van der Waals surface area contributed by atoms with Gasteiger partial charge in [0.15, 0.2) is 11.3 Å². The topological polar surface area (TPSA) is 81.4 Å². The minimum atomic E-state index is -1.44. The zero-order valence-electron chi connectivity index (χ0n) is 18.2. The highest BCUT2D eigenvalue weighted by Crippen LogP contribution is 2.32. The summed E-state index contributed by atoms with van der Waals surface area (Å²) in [6.45, 7) is 0.354. The fourth-order valence-electron chi connectivity index (χ4n) is 4.62. The average molecular weight is 433 g/mol. The van der Waals surface area contributed by atoms with Crippen LogP contribution in [0.25, 0.3) is 0 Å². The number of carbonyl (C=O) groups excluding carboxylic acids is 2. The third kappa shape index (κ3) is 6.01. The van der Waals surface area contributed by atoms with E-state index >= 15 is 0 Å². The van der Waals surface area contributed by atoms with Crippen molar-refractivity contribution >= 4 is 23.5 Å². The second-order valence-corrected chi connectivity index (χ2v) is 9.90. The van der Waals surface area contributed by atoms with Crippen LogP contribution in [0.3, 0.4) is 0 Å². The number of nitrogens with one attached hydrogen (secondary N) is 1. The Morgan fingerprint density at radius 2 is 1.70 bits per heavy atom. The Balaban J connectivity index is 1.62. The van der Waals surface area contributed by atoms with E-state index in [1.54, 1.807) is 18.9 Å². The summed E-state index contributed by atoms with van der Waals surface area (Å²) in [6.07, 6.45) is 10.2. The van der Waals surface area contributed by atoms with E-state index in [1.807, 2.05) is 24.3 Å². The molecule has 3 N–H and O–H groups in total. The molecule has 5 nitrogen and oxygen atoms in total. The smallest absolute Gasteiger partial charge is 0.248 e. The van der Waals surface area contributed by atoms with Crippen LogP contribution in [0.2, 0.25) is 0 Å². The molecule has 2 fully saturated rings. The zero-order chi connectivity index (χ0) is 21.4. The molecule has 0 unspecified atom stereocenters. The van der Waals surface area contributed by atoms with Crippen LogP contribution in [0, 0.1) is 11.8 Å². The van der Waals surface area contributed by atoms with Crippen molar-refractivity contribution in [3.63, 3.8) is 0 Å². The highest BCUT2D eigenvalue weighted by atomic mass is 32.2. The summed E-state index contributed by atoms with van der Waals surface area (Å²) in [5, 5.41) is 2.93. The molecule has 2 saturated carbocycles. The number of nitrogens with two attached hydrogens (primary N) is 1. The second kappa shape index (κ2) is 11.2. The second-order valence-electron chi connectivity index (χ2n) is 8.87. The van der Waals surface area contributed by atoms with Gasteiger partial charge in [-0.2, -0.15) is 11.8 Å². The number of Topliss-reactive ketones (excluding diaryl/α,β-unsaturated/α-hetero) is 1. The van der Waals surface area contributed by atoms with Gasteiger partial charge >= 0.3 is 0 Å². The minimum Gasteiger partial charge on any atom is -0.497 e. The van der Waals surface area contributed by atoms with Crippen LogP contribution in [0.4, 0.5) is 0 Å². The van der Waals surface area contributed by atoms with Crippen molar-refractivity contribution in [1.82, 2.24) is 5.32 Å². The van der Waals surface area contributed by atoms with Gasteiger partial charge in [-0.3, -0.25) is 9.59 Å². The predicted molar refractivity (Wildman–Crippen MR) is 123 cm³/mol. The number of hydrogen-bond donors (Lipinski definition) is 2. The van der Waals surface area contributed by atoms with Gasteiger partial charge in [-0.05, 0) is 55.1 Å². The number of rotatable bonds is 10.